The fraction of sp³-hybridized carbons (Fsp3) is 0.800. The van der Waals surface area contributed by atoms with Gasteiger partial charge < -0.3 is 18.9 Å². The maximum Gasteiger partial charge on any atom is 0.333 e. The molecule has 8 atom stereocenters. The van der Waals surface area contributed by atoms with Gasteiger partial charge in [-0.1, -0.05) is 13.8 Å². The molecule has 0 amide bonds. The van der Waals surface area contributed by atoms with Crippen LogP contribution in [0.1, 0.15) is 46.5 Å². The Bertz CT molecular complexity index is 677. The van der Waals surface area contributed by atoms with Gasteiger partial charge in [0.05, 0.1) is 7.11 Å². The molecular formula is C20H28O8. The molecule has 0 unspecified atom stereocenters. The zero-order chi connectivity index (χ0) is 20.1. The second-order valence-corrected chi connectivity index (χ2v) is 8.57. The zero-order valence-corrected chi connectivity index (χ0v) is 16.7. The fourth-order valence-electron chi connectivity index (χ4n) is 5.36. The van der Waals surface area contributed by atoms with Crippen LogP contribution < -0.4 is 0 Å². The minimum absolute atomic E-state index is 0.0671. The molecule has 156 valence electrons. The third-order valence-corrected chi connectivity index (χ3v) is 6.89. The highest BCUT2D eigenvalue weighted by molar-refractivity contribution is 5.91. The molecule has 5 aliphatic rings. The predicted octanol–water partition coefficient (Wildman–Crippen LogP) is 2.47. The van der Waals surface area contributed by atoms with Crippen LogP contribution >= 0.6 is 0 Å². The molecule has 1 aliphatic carbocycles. The van der Waals surface area contributed by atoms with E-state index >= 15 is 0 Å². The molecule has 8 nitrogen and oxygen atoms in total. The van der Waals surface area contributed by atoms with Crippen molar-refractivity contribution in [2.45, 2.75) is 70.4 Å². The largest absolute Gasteiger partial charge is 0.466 e. The molecule has 8 heteroatoms. The number of hydrogen-bond acceptors (Lipinski definition) is 8. The summed E-state index contributed by atoms with van der Waals surface area (Å²) in [5.41, 5.74) is -0.697. The van der Waals surface area contributed by atoms with Crippen LogP contribution in [0.3, 0.4) is 0 Å². The Hall–Kier alpha value is -1.48. The number of carbonyl (C=O) groups excluding carboxylic acids is 2. The number of rotatable bonds is 3. The van der Waals surface area contributed by atoms with Gasteiger partial charge in [-0.2, -0.15) is 0 Å². The van der Waals surface area contributed by atoms with Crippen LogP contribution in [0.4, 0.5) is 0 Å². The molecular weight excluding hydrogens is 368 g/mol. The quantitative estimate of drug-likeness (QED) is 0.408. The Morgan fingerprint density at radius 1 is 1.04 bits per heavy atom. The Balaban J connectivity index is 1.58. The van der Waals surface area contributed by atoms with Crippen molar-refractivity contribution < 1.29 is 38.3 Å². The van der Waals surface area contributed by atoms with Crippen molar-refractivity contribution in [3.8, 4) is 0 Å². The minimum atomic E-state index is -0.878. The lowest BCUT2D eigenvalue weighted by Crippen LogP contribution is -2.70. The van der Waals surface area contributed by atoms with Crippen molar-refractivity contribution in [1.29, 1.82) is 0 Å². The van der Waals surface area contributed by atoms with Gasteiger partial charge in [0.1, 0.15) is 0 Å². The second-order valence-electron chi connectivity index (χ2n) is 8.57. The first-order valence-electron chi connectivity index (χ1n) is 9.96. The summed E-state index contributed by atoms with van der Waals surface area (Å²) >= 11 is 0. The van der Waals surface area contributed by atoms with Gasteiger partial charge in [0.25, 0.3) is 0 Å². The van der Waals surface area contributed by atoms with E-state index in [0.29, 0.717) is 5.92 Å². The number of ether oxygens (including phenoxy) is 4. The summed E-state index contributed by atoms with van der Waals surface area (Å²) in [4.78, 5) is 35.1. The molecule has 0 aromatic rings. The van der Waals surface area contributed by atoms with Crippen LogP contribution in [0.15, 0.2) is 12.2 Å². The number of esters is 2. The monoisotopic (exact) mass is 396 g/mol. The standard InChI is InChI=1S/C20H28O8/c1-11-5-6-14-12(2)17(24-16(22)8-7-15(21)23-4)25-18-20(14)13(11)9-10-19(3,26-18)27-28-20/h7-8,11-14,17-18H,5-6,9-10H2,1-4H3/b8-7+/t11-,12-,13+,14+,17+,18-,19-,20-/m1/s1. The summed E-state index contributed by atoms with van der Waals surface area (Å²) in [6.45, 7) is 6.08. The van der Waals surface area contributed by atoms with E-state index in [4.69, 9.17) is 24.0 Å². The van der Waals surface area contributed by atoms with Crippen molar-refractivity contribution in [3.05, 3.63) is 12.2 Å². The summed E-state index contributed by atoms with van der Waals surface area (Å²) in [7, 11) is 1.24. The van der Waals surface area contributed by atoms with Crippen molar-refractivity contribution in [2.24, 2.45) is 23.7 Å². The molecule has 5 rings (SSSR count). The van der Waals surface area contributed by atoms with E-state index in [9.17, 15) is 9.59 Å². The molecule has 5 fully saturated rings. The molecule has 1 saturated carbocycles. The van der Waals surface area contributed by atoms with Crippen molar-refractivity contribution >= 4 is 11.9 Å². The maximum atomic E-state index is 12.2. The molecule has 1 spiro atoms. The first-order valence-corrected chi connectivity index (χ1v) is 9.96. The van der Waals surface area contributed by atoms with E-state index in [1.807, 2.05) is 13.8 Å². The van der Waals surface area contributed by atoms with Gasteiger partial charge in [-0.25, -0.2) is 19.4 Å². The summed E-state index contributed by atoms with van der Waals surface area (Å²) in [5, 5.41) is 0. The highest BCUT2D eigenvalue weighted by Gasteiger charge is 2.69. The molecule has 4 saturated heterocycles. The van der Waals surface area contributed by atoms with Gasteiger partial charge in [-0.15, -0.1) is 0 Å². The minimum Gasteiger partial charge on any atom is -0.466 e. The van der Waals surface area contributed by atoms with Crippen LogP contribution in [-0.4, -0.2) is 43.0 Å². The molecule has 2 bridgehead atoms. The van der Waals surface area contributed by atoms with Crippen molar-refractivity contribution in [2.75, 3.05) is 7.11 Å². The van der Waals surface area contributed by atoms with Gasteiger partial charge in [0.15, 0.2) is 11.9 Å². The average Bonchev–Trinajstić information content (AvgIpc) is 2.90. The summed E-state index contributed by atoms with van der Waals surface area (Å²) in [5.74, 6) is -1.50. The Labute approximate surface area is 164 Å². The molecule has 4 heterocycles. The normalized spacial score (nSPS) is 47.3. The van der Waals surface area contributed by atoms with E-state index in [1.54, 1.807) is 0 Å². The Morgan fingerprint density at radius 2 is 1.79 bits per heavy atom. The van der Waals surface area contributed by atoms with E-state index < -0.39 is 35.9 Å². The topological polar surface area (TPSA) is 89.5 Å². The number of methoxy groups -OCH3 is 1. The molecule has 0 aromatic heterocycles. The van der Waals surface area contributed by atoms with E-state index in [1.165, 1.54) is 7.11 Å². The van der Waals surface area contributed by atoms with Crippen LogP contribution in [0, 0.1) is 23.7 Å². The van der Waals surface area contributed by atoms with Crippen LogP contribution in [0.5, 0.6) is 0 Å². The smallest absolute Gasteiger partial charge is 0.333 e. The van der Waals surface area contributed by atoms with E-state index in [0.717, 1.165) is 37.8 Å². The molecule has 28 heavy (non-hydrogen) atoms. The second kappa shape index (κ2) is 7.09. The summed E-state index contributed by atoms with van der Waals surface area (Å²) < 4.78 is 22.3. The third-order valence-electron chi connectivity index (χ3n) is 6.89. The summed E-state index contributed by atoms with van der Waals surface area (Å²) in [6, 6.07) is 0. The molecule has 4 aliphatic heterocycles. The van der Waals surface area contributed by atoms with E-state index in [-0.39, 0.29) is 17.8 Å². The first-order chi connectivity index (χ1) is 13.3. The summed E-state index contributed by atoms with van der Waals surface area (Å²) in [6.07, 6.45) is 4.23. The Kier molecular flexibility index (Phi) is 5.02. The third kappa shape index (κ3) is 3.07. The lowest BCUT2D eigenvalue weighted by Gasteiger charge is -2.59. The molecule has 0 radical (unpaired) electrons. The fourth-order valence-corrected chi connectivity index (χ4v) is 5.36. The highest BCUT2D eigenvalue weighted by Crippen LogP contribution is 2.60. The van der Waals surface area contributed by atoms with Gasteiger partial charge >= 0.3 is 11.9 Å². The van der Waals surface area contributed by atoms with Gasteiger partial charge in [-0.05, 0) is 38.0 Å². The van der Waals surface area contributed by atoms with Gasteiger partial charge in [0, 0.05) is 30.4 Å². The number of hydrogen-bond donors (Lipinski definition) is 0. The number of fused-ring (bicyclic) bond motifs is 2. The highest BCUT2D eigenvalue weighted by atomic mass is 17.3. The van der Waals surface area contributed by atoms with Crippen LogP contribution in [0.25, 0.3) is 0 Å². The SMILES string of the molecule is COC(=O)/C=C/C(=O)O[C@H]1O[C@@H]2O[C@@]3(C)CC[C@H]4[C@H](C)CC[C@@H]([C@H]1C)[C@@]24OO3. The number of carbonyl (C=O) groups is 2. The molecule has 0 N–H and O–H groups in total. The maximum absolute atomic E-state index is 12.2. The van der Waals surface area contributed by atoms with Gasteiger partial charge in [-0.3, -0.25) is 0 Å². The zero-order valence-electron chi connectivity index (χ0n) is 16.7. The first kappa shape index (κ1) is 19.8. The predicted molar refractivity (Wildman–Crippen MR) is 94.1 cm³/mol. The van der Waals surface area contributed by atoms with Crippen molar-refractivity contribution in [3.63, 3.8) is 0 Å². The van der Waals surface area contributed by atoms with Crippen molar-refractivity contribution in [1.82, 2.24) is 0 Å². The van der Waals surface area contributed by atoms with Crippen LogP contribution in [0.2, 0.25) is 0 Å². The molecule has 0 aromatic carbocycles. The van der Waals surface area contributed by atoms with Crippen LogP contribution in [-0.2, 0) is 38.3 Å². The Morgan fingerprint density at radius 3 is 2.54 bits per heavy atom. The lowest BCUT2D eigenvalue weighted by atomic mass is 9.58. The van der Waals surface area contributed by atoms with Gasteiger partial charge in [0.2, 0.25) is 12.1 Å². The average molecular weight is 396 g/mol. The van der Waals surface area contributed by atoms with E-state index in [2.05, 4.69) is 11.7 Å². The lowest BCUT2D eigenvalue weighted by molar-refractivity contribution is -0.576.